The van der Waals surface area contributed by atoms with Gasteiger partial charge >= 0.3 is 0 Å². The summed E-state index contributed by atoms with van der Waals surface area (Å²) in [4.78, 5) is 11.7. The summed E-state index contributed by atoms with van der Waals surface area (Å²) in [6.07, 6.45) is 1.18. The third kappa shape index (κ3) is 3.04. The van der Waals surface area contributed by atoms with Gasteiger partial charge in [-0.25, -0.2) is 4.39 Å². The zero-order valence-corrected chi connectivity index (χ0v) is 10.7. The number of amides is 1. The first-order valence-corrected chi connectivity index (χ1v) is 6.27. The Kier molecular flexibility index (Phi) is 3.79. The molecule has 92 valence electrons. The van der Waals surface area contributed by atoms with Gasteiger partial charge in [0.15, 0.2) is 0 Å². The standard InChI is InChI=1S/C12H13BrFNO2/c13-8-1-2-11(14)10(5-8)12(17)15-6-7-3-9(16)4-7/h1-2,5,7,9,16H,3-4,6H2,(H,15,17). The van der Waals surface area contributed by atoms with Gasteiger partial charge in [0.2, 0.25) is 0 Å². The smallest absolute Gasteiger partial charge is 0.254 e. The average Bonchev–Trinajstić information content (AvgIpc) is 2.26. The number of hydrogen-bond acceptors (Lipinski definition) is 2. The zero-order valence-electron chi connectivity index (χ0n) is 9.12. The lowest BCUT2D eigenvalue weighted by molar-refractivity contribution is 0.0420. The summed E-state index contributed by atoms with van der Waals surface area (Å²) in [7, 11) is 0. The van der Waals surface area contributed by atoms with E-state index in [2.05, 4.69) is 21.2 Å². The van der Waals surface area contributed by atoms with Crippen LogP contribution in [0.1, 0.15) is 23.2 Å². The molecular weight excluding hydrogens is 289 g/mol. The highest BCUT2D eigenvalue weighted by atomic mass is 79.9. The van der Waals surface area contributed by atoms with Crippen molar-refractivity contribution in [2.75, 3.05) is 6.54 Å². The fourth-order valence-corrected chi connectivity index (χ4v) is 2.23. The summed E-state index contributed by atoms with van der Waals surface area (Å²) in [5, 5.41) is 11.8. The highest BCUT2D eigenvalue weighted by Gasteiger charge is 2.27. The number of rotatable bonds is 3. The topological polar surface area (TPSA) is 49.3 Å². The molecule has 1 saturated carbocycles. The SMILES string of the molecule is O=C(NCC1CC(O)C1)c1cc(Br)ccc1F. The van der Waals surface area contributed by atoms with Gasteiger partial charge in [0.05, 0.1) is 11.7 Å². The van der Waals surface area contributed by atoms with E-state index < -0.39 is 11.7 Å². The Bertz CT molecular complexity index is 433. The molecule has 1 aromatic carbocycles. The quantitative estimate of drug-likeness (QED) is 0.898. The maximum absolute atomic E-state index is 13.4. The molecule has 2 rings (SSSR count). The van der Waals surface area contributed by atoms with Crippen molar-refractivity contribution in [1.29, 1.82) is 0 Å². The number of carbonyl (C=O) groups is 1. The van der Waals surface area contributed by atoms with E-state index in [1.54, 1.807) is 6.07 Å². The molecule has 1 aliphatic carbocycles. The lowest BCUT2D eigenvalue weighted by atomic mass is 9.82. The Balaban J connectivity index is 1.92. The molecule has 3 nitrogen and oxygen atoms in total. The van der Waals surface area contributed by atoms with Crippen molar-refractivity contribution in [3.8, 4) is 0 Å². The van der Waals surface area contributed by atoms with Gasteiger partial charge in [-0.1, -0.05) is 15.9 Å². The van der Waals surface area contributed by atoms with Crippen LogP contribution in [-0.2, 0) is 0 Å². The van der Waals surface area contributed by atoms with Crippen LogP contribution in [0.4, 0.5) is 4.39 Å². The van der Waals surface area contributed by atoms with E-state index in [1.165, 1.54) is 12.1 Å². The molecular formula is C12H13BrFNO2. The number of nitrogens with one attached hydrogen (secondary N) is 1. The van der Waals surface area contributed by atoms with Crippen LogP contribution in [0.5, 0.6) is 0 Å². The number of aliphatic hydroxyl groups is 1. The van der Waals surface area contributed by atoms with Crippen LogP contribution < -0.4 is 5.32 Å². The van der Waals surface area contributed by atoms with Crippen LogP contribution in [0.2, 0.25) is 0 Å². The van der Waals surface area contributed by atoms with Crippen molar-refractivity contribution in [1.82, 2.24) is 5.32 Å². The zero-order chi connectivity index (χ0) is 12.4. The van der Waals surface area contributed by atoms with Crippen molar-refractivity contribution in [3.05, 3.63) is 34.1 Å². The van der Waals surface area contributed by atoms with E-state index in [9.17, 15) is 9.18 Å². The van der Waals surface area contributed by atoms with E-state index >= 15 is 0 Å². The van der Waals surface area contributed by atoms with Crippen molar-refractivity contribution >= 4 is 21.8 Å². The number of aliphatic hydroxyl groups excluding tert-OH is 1. The maximum Gasteiger partial charge on any atom is 0.254 e. The second-order valence-corrected chi connectivity index (χ2v) is 5.24. The van der Waals surface area contributed by atoms with E-state index in [-0.39, 0.29) is 11.7 Å². The molecule has 0 heterocycles. The van der Waals surface area contributed by atoms with E-state index in [4.69, 9.17) is 5.11 Å². The predicted octanol–water partition coefficient (Wildman–Crippen LogP) is 2.09. The van der Waals surface area contributed by atoms with Gasteiger partial charge in [-0.05, 0) is 37.0 Å². The highest BCUT2D eigenvalue weighted by Crippen LogP contribution is 2.26. The molecule has 2 N–H and O–H groups in total. The molecule has 0 radical (unpaired) electrons. The van der Waals surface area contributed by atoms with E-state index in [0.717, 1.165) is 0 Å². The summed E-state index contributed by atoms with van der Waals surface area (Å²) >= 11 is 3.20. The van der Waals surface area contributed by atoms with Crippen molar-refractivity contribution in [3.63, 3.8) is 0 Å². The van der Waals surface area contributed by atoms with Gasteiger partial charge < -0.3 is 10.4 Å². The molecule has 1 fully saturated rings. The third-order valence-corrected chi connectivity index (χ3v) is 3.43. The van der Waals surface area contributed by atoms with Crippen LogP contribution in [0.3, 0.4) is 0 Å². The van der Waals surface area contributed by atoms with Crippen molar-refractivity contribution < 1.29 is 14.3 Å². The first kappa shape index (κ1) is 12.5. The average molecular weight is 302 g/mol. The minimum absolute atomic E-state index is 0.0410. The lowest BCUT2D eigenvalue weighted by Gasteiger charge is -2.31. The Morgan fingerprint density at radius 2 is 2.24 bits per heavy atom. The molecule has 0 spiro atoms. The molecule has 0 unspecified atom stereocenters. The van der Waals surface area contributed by atoms with Gasteiger partial charge in [0.25, 0.3) is 5.91 Å². The molecule has 17 heavy (non-hydrogen) atoms. The number of carbonyl (C=O) groups excluding carboxylic acids is 1. The second kappa shape index (κ2) is 5.14. The molecule has 0 saturated heterocycles. The molecule has 0 aliphatic heterocycles. The van der Waals surface area contributed by atoms with Gasteiger partial charge in [-0.15, -0.1) is 0 Å². The largest absolute Gasteiger partial charge is 0.393 e. The molecule has 0 aromatic heterocycles. The Morgan fingerprint density at radius 1 is 1.53 bits per heavy atom. The van der Waals surface area contributed by atoms with Crippen LogP contribution in [0.25, 0.3) is 0 Å². The Labute approximate surface area is 107 Å². The van der Waals surface area contributed by atoms with E-state index in [1.807, 2.05) is 0 Å². The summed E-state index contributed by atoms with van der Waals surface area (Å²) in [5.41, 5.74) is 0.0410. The minimum atomic E-state index is -0.528. The van der Waals surface area contributed by atoms with Crippen molar-refractivity contribution in [2.45, 2.75) is 18.9 Å². The van der Waals surface area contributed by atoms with E-state index in [0.29, 0.717) is 29.8 Å². The molecule has 5 heteroatoms. The predicted molar refractivity (Wildman–Crippen MR) is 65.2 cm³/mol. The van der Waals surface area contributed by atoms with Crippen molar-refractivity contribution in [2.24, 2.45) is 5.92 Å². The van der Waals surface area contributed by atoms with Crippen LogP contribution in [-0.4, -0.2) is 23.7 Å². The van der Waals surface area contributed by atoms with Gasteiger partial charge in [0.1, 0.15) is 5.82 Å². The molecule has 1 aliphatic rings. The Morgan fingerprint density at radius 3 is 2.88 bits per heavy atom. The second-order valence-electron chi connectivity index (χ2n) is 4.33. The van der Waals surface area contributed by atoms with Gasteiger partial charge in [-0.3, -0.25) is 4.79 Å². The van der Waals surface area contributed by atoms with Gasteiger partial charge in [-0.2, -0.15) is 0 Å². The van der Waals surface area contributed by atoms with Gasteiger partial charge in [0, 0.05) is 11.0 Å². The van der Waals surface area contributed by atoms with Crippen LogP contribution in [0, 0.1) is 11.7 Å². The first-order valence-electron chi connectivity index (χ1n) is 5.47. The minimum Gasteiger partial charge on any atom is -0.393 e. The fourth-order valence-electron chi connectivity index (χ4n) is 1.87. The summed E-state index contributed by atoms with van der Waals surface area (Å²) in [6, 6.07) is 4.26. The third-order valence-electron chi connectivity index (χ3n) is 2.94. The van der Waals surface area contributed by atoms with Crippen LogP contribution in [0.15, 0.2) is 22.7 Å². The normalized spacial score (nSPS) is 23.0. The number of hydrogen-bond donors (Lipinski definition) is 2. The molecule has 1 amide bonds. The fraction of sp³-hybridized carbons (Fsp3) is 0.417. The lowest BCUT2D eigenvalue weighted by Crippen LogP contribution is -2.38. The monoisotopic (exact) mass is 301 g/mol. The number of halogens is 2. The Hall–Kier alpha value is -0.940. The number of benzene rings is 1. The summed E-state index contributed by atoms with van der Waals surface area (Å²) in [5.74, 6) is -0.631. The molecule has 0 atom stereocenters. The maximum atomic E-state index is 13.4. The summed E-state index contributed by atoms with van der Waals surface area (Å²) < 4.78 is 14.1. The van der Waals surface area contributed by atoms with Crippen LogP contribution >= 0.6 is 15.9 Å². The summed E-state index contributed by atoms with van der Waals surface area (Å²) in [6.45, 7) is 0.488. The first-order chi connectivity index (χ1) is 8.06. The molecule has 0 bridgehead atoms. The highest BCUT2D eigenvalue weighted by molar-refractivity contribution is 9.10. The molecule has 1 aromatic rings.